The smallest absolute Gasteiger partial charge is 0.129 e. The van der Waals surface area contributed by atoms with Gasteiger partial charge in [0.05, 0.1) is 11.6 Å². The van der Waals surface area contributed by atoms with E-state index in [1.807, 2.05) is 13.0 Å². The highest BCUT2D eigenvalue weighted by Gasteiger charge is 2.08. The summed E-state index contributed by atoms with van der Waals surface area (Å²) in [6.07, 6.45) is 0. The fourth-order valence-corrected chi connectivity index (χ4v) is 1.22. The Morgan fingerprint density at radius 1 is 1.60 bits per heavy atom. The lowest BCUT2D eigenvalue weighted by Gasteiger charge is -2.15. The maximum Gasteiger partial charge on any atom is 0.129 e. The molecule has 1 aromatic carbocycles. The van der Waals surface area contributed by atoms with Crippen molar-refractivity contribution in [2.45, 2.75) is 19.9 Å². The topological polar surface area (TPSA) is 61.8 Å². The number of halogens is 1. The van der Waals surface area contributed by atoms with E-state index in [-0.39, 0.29) is 11.9 Å². The quantitative estimate of drug-likeness (QED) is 0.794. The van der Waals surface area contributed by atoms with E-state index in [0.29, 0.717) is 23.4 Å². The molecule has 3 N–H and O–H groups in total. The van der Waals surface area contributed by atoms with Gasteiger partial charge in [0.1, 0.15) is 5.82 Å². The van der Waals surface area contributed by atoms with Gasteiger partial charge in [-0.1, -0.05) is 0 Å². The Kier molecular flexibility index (Phi) is 3.64. The van der Waals surface area contributed by atoms with Gasteiger partial charge in [-0.3, -0.25) is 0 Å². The minimum atomic E-state index is -0.374. The van der Waals surface area contributed by atoms with Gasteiger partial charge >= 0.3 is 0 Å². The van der Waals surface area contributed by atoms with Crippen LogP contribution in [0.5, 0.6) is 0 Å². The summed E-state index contributed by atoms with van der Waals surface area (Å²) in [4.78, 5) is 0. The average Bonchev–Trinajstić information content (AvgIpc) is 2.24. The van der Waals surface area contributed by atoms with Crippen LogP contribution < -0.4 is 11.1 Å². The predicted molar refractivity (Wildman–Crippen MR) is 58.0 cm³/mol. The summed E-state index contributed by atoms with van der Waals surface area (Å²) in [6.45, 7) is 4.02. The molecule has 0 aliphatic rings. The molecule has 0 radical (unpaired) electrons. The zero-order valence-electron chi connectivity index (χ0n) is 8.84. The van der Waals surface area contributed by atoms with Crippen LogP contribution in [0.1, 0.15) is 18.1 Å². The Morgan fingerprint density at radius 3 is 2.80 bits per heavy atom. The van der Waals surface area contributed by atoms with E-state index in [4.69, 9.17) is 11.0 Å². The fourth-order valence-electron chi connectivity index (χ4n) is 1.22. The highest BCUT2D eigenvalue weighted by Crippen LogP contribution is 2.20. The highest BCUT2D eigenvalue weighted by molar-refractivity contribution is 5.56. The van der Waals surface area contributed by atoms with Crippen LogP contribution >= 0.6 is 0 Å². The second-order valence-electron chi connectivity index (χ2n) is 3.52. The van der Waals surface area contributed by atoms with Gasteiger partial charge in [0.2, 0.25) is 0 Å². The van der Waals surface area contributed by atoms with Crippen molar-refractivity contribution >= 4 is 5.69 Å². The van der Waals surface area contributed by atoms with E-state index in [1.165, 1.54) is 6.07 Å². The minimum absolute atomic E-state index is 0.0528. The first-order valence-electron chi connectivity index (χ1n) is 4.75. The van der Waals surface area contributed by atoms with Crippen molar-refractivity contribution in [3.05, 3.63) is 29.1 Å². The maximum atomic E-state index is 13.4. The van der Waals surface area contributed by atoms with Crippen LogP contribution in [0.25, 0.3) is 0 Å². The van der Waals surface area contributed by atoms with Gasteiger partial charge in [0.15, 0.2) is 0 Å². The summed E-state index contributed by atoms with van der Waals surface area (Å²) >= 11 is 0. The number of nitrogens with zero attached hydrogens (tertiary/aromatic N) is 1. The van der Waals surface area contributed by atoms with Gasteiger partial charge in [-0.05, 0) is 26.0 Å². The first-order chi connectivity index (χ1) is 7.08. The Hall–Kier alpha value is -1.60. The monoisotopic (exact) mass is 207 g/mol. The van der Waals surface area contributed by atoms with Crippen LogP contribution in [0, 0.1) is 24.1 Å². The van der Waals surface area contributed by atoms with E-state index in [2.05, 4.69) is 5.32 Å². The number of benzene rings is 1. The molecule has 1 aromatic rings. The second-order valence-corrected chi connectivity index (χ2v) is 3.52. The van der Waals surface area contributed by atoms with Crippen molar-refractivity contribution in [1.29, 1.82) is 5.26 Å². The molecule has 3 nitrogen and oxygen atoms in total. The van der Waals surface area contributed by atoms with Gasteiger partial charge in [-0.25, -0.2) is 4.39 Å². The summed E-state index contributed by atoms with van der Waals surface area (Å²) in [5.74, 6) is -0.374. The van der Waals surface area contributed by atoms with Gasteiger partial charge < -0.3 is 11.1 Å². The van der Waals surface area contributed by atoms with E-state index < -0.39 is 0 Å². The molecule has 1 rings (SSSR count). The SMILES string of the molecule is Cc1c(F)cc(C#N)cc1NC(C)CN. The zero-order valence-corrected chi connectivity index (χ0v) is 8.84. The van der Waals surface area contributed by atoms with E-state index in [9.17, 15) is 4.39 Å². The largest absolute Gasteiger partial charge is 0.381 e. The van der Waals surface area contributed by atoms with Crippen molar-refractivity contribution in [2.24, 2.45) is 5.73 Å². The fraction of sp³-hybridized carbons (Fsp3) is 0.364. The molecule has 0 spiro atoms. The van der Waals surface area contributed by atoms with Crippen LogP contribution in [0.15, 0.2) is 12.1 Å². The molecule has 0 amide bonds. The molecule has 0 bridgehead atoms. The Bertz CT molecular complexity index is 396. The lowest BCUT2D eigenvalue weighted by Crippen LogP contribution is -2.25. The first kappa shape index (κ1) is 11.5. The van der Waals surface area contributed by atoms with E-state index in [0.717, 1.165) is 0 Å². The number of nitriles is 1. The number of nitrogens with two attached hydrogens (primary N) is 1. The lowest BCUT2D eigenvalue weighted by atomic mass is 10.1. The van der Waals surface area contributed by atoms with Crippen molar-refractivity contribution in [3.8, 4) is 6.07 Å². The summed E-state index contributed by atoms with van der Waals surface area (Å²) in [7, 11) is 0. The number of anilines is 1. The summed E-state index contributed by atoms with van der Waals surface area (Å²) in [5.41, 5.74) is 6.91. The van der Waals surface area contributed by atoms with Gasteiger partial charge in [-0.15, -0.1) is 0 Å². The second kappa shape index (κ2) is 4.76. The average molecular weight is 207 g/mol. The molecule has 0 aliphatic heterocycles. The molecule has 0 saturated carbocycles. The Morgan fingerprint density at radius 2 is 2.27 bits per heavy atom. The molecule has 15 heavy (non-hydrogen) atoms. The first-order valence-corrected chi connectivity index (χ1v) is 4.75. The Labute approximate surface area is 88.7 Å². The van der Waals surface area contributed by atoms with Crippen molar-refractivity contribution in [2.75, 3.05) is 11.9 Å². The molecule has 0 heterocycles. The zero-order chi connectivity index (χ0) is 11.4. The molecule has 80 valence electrons. The molecular weight excluding hydrogens is 193 g/mol. The van der Waals surface area contributed by atoms with Gasteiger partial charge in [-0.2, -0.15) is 5.26 Å². The number of rotatable bonds is 3. The predicted octanol–water partition coefficient (Wildman–Crippen LogP) is 1.76. The molecule has 4 heteroatoms. The summed E-state index contributed by atoms with van der Waals surface area (Å²) in [5, 5.41) is 11.8. The van der Waals surface area contributed by atoms with Crippen LogP contribution in [0.2, 0.25) is 0 Å². The van der Waals surface area contributed by atoms with Crippen molar-refractivity contribution < 1.29 is 4.39 Å². The third-order valence-corrected chi connectivity index (χ3v) is 2.23. The summed E-state index contributed by atoms with van der Waals surface area (Å²) < 4.78 is 13.4. The standard InChI is InChI=1S/C11H14FN3/c1-7(5-13)15-11-4-9(6-14)3-10(12)8(11)2/h3-4,7,15H,5,13H2,1-2H3. The molecular formula is C11H14FN3. The Balaban J connectivity index is 3.06. The van der Waals surface area contributed by atoms with Crippen LogP contribution in [0.4, 0.5) is 10.1 Å². The van der Waals surface area contributed by atoms with E-state index in [1.54, 1.807) is 13.0 Å². The van der Waals surface area contributed by atoms with Crippen LogP contribution in [-0.4, -0.2) is 12.6 Å². The number of hydrogen-bond donors (Lipinski definition) is 2. The number of nitrogens with one attached hydrogen (secondary N) is 1. The van der Waals surface area contributed by atoms with E-state index >= 15 is 0 Å². The maximum absolute atomic E-state index is 13.4. The summed E-state index contributed by atoms with van der Waals surface area (Å²) in [6, 6.07) is 4.83. The van der Waals surface area contributed by atoms with Crippen molar-refractivity contribution in [3.63, 3.8) is 0 Å². The minimum Gasteiger partial charge on any atom is -0.381 e. The molecule has 0 aliphatic carbocycles. The van der Waals surface area contributed by atoms with Gasteiger partial charge in [0, 0.05) is 23.8 Å². The van der Waals surface area contributed by atoms with Crippen molar-refractivity contribution in [1.82, 2.24) is 0 Å². The molecule has 0 aromatic heterocycles. The third-order valence-electron chi connectivity index (χ3n) is 2.23. The van der Waals surface area contributed by atoms with Gasteiger partial charge in [0.25, 0.3) is 0 Å². The normalized spacial score (nSPS) is 11.9. The molecule has 0 saturated heterocycles. The molecule has 1 unspecified atom stereocenters. The molecule has 0 fully saturated rings. The molecule has 1 atom stereocenters. The lowest BCUT2D eigenvalue weighted by molar-refractivity contribution is 0.618. The third kappa shape index (κ3) is 2.67. The highest BCUT2D eigenvalue weighted by atomic mass is 19.1. The van der Waals surface area contributed by atoms with Crippen LogP contribution in [0.3, 0.4) is 0 Å². The number of hydrogen-bond acceptors (Lipinski definition) is 3. The van der Waals surface area contributed by atoms with Crippen LogP contribution in [-0.2, 0) is 0 Å².